The number of hydrogen-bond donors (Lipinski definition) is 4. The summed E-state index contributed by atoms with van der Waals surface area (Å²) in [6.07, 6.45) is 1.56. The van der Waals surface area contributed by atoms with Crippen molar-refractivity contribution < 1.29 is 10.2 Å². The van der Waals surface area contributed by atoms with Gasteiger partial charge in [0, 0.05) is 18.2 Å². The van der Waals surface area contributed by atoms with Gasteiger partial charge in [-0.05, 0) is 33.1 Å². The quantitative estimate of drug-likeness (QED) is 0.428. The lowest BCUT2D eigenvalue weighted by molar-refractivity contribution is 0.0743. The van der Waals surface area contributed by atoms with Crippen LogP contribution in [0.15, 0.2) is 0 Å². The van der Waals surface area contributed by atoms with E-state index in [1.165, 1.54) is 0 Å². The molecule has 6 N–H and O–H groups in total. The fraction of sp³-hybridized carbons (Fsp3) is 1.00. The maximum Gasteiger partial charge on any atom is 0.0864 e. The van der Waals surface area contributed by atoms with Crippen LogP contribution in [0.4, 0.5) is 0 Å². The molecule has 0 aliphatic rings. The van der Waals surface area contributed by atoms with Gasteiger partial charge in [-0.15, -0.1) is 0 Å². The van der Waals surface area contributed by atoms with Gasteiger partial charge in [0.25, 0.3) is 0 Å². The zero-order chi connectivity index (χ0) is 10.5. The monoisotopic (exact) mass is 190 g/mol. The molecule has 0 amide bonds. The molecule has 0 spiro atoms. The lowest BCUT2D eigenvalue weighted by Crippen LogP contribution is -2.54. The number of aliphatic hydroxyl groups is 2. The van der Waals surface area contributed by atoms with E-state index in [1.54, 1.807) is 13.8 Å². The molecule has 0 saturated heterocycles. The van der Waals surface area contributed by atoms with Crippen molar-refractivity contribution in [2.24, 2.45) is 11.5 Å². The van der Waals surface area contributed by atoms with Gasteiger partial charge in [0.2, 0.25) is 0 Å². The van der Waals surface area contributed by atoms with Crippen LogP contribution in [-0.2, 0) is 0 Å². The van der Waals surface area contributed by atoms with Gasteiger partial charge in [-0.3, -0.25) is 0 Å². The van der Waals surface area contributed by atoms with Gasteiger partial charge in [0.1, 0.15) is 0 Å². The highest BCUT2D eigenvalue weighted by molar-refractivity contribution is 4.88. The molecule has 2 unspecified atom stereocenters. The average molecular weight is 190 g/mol. The van der Waals surface area contributed by atoms with Crippen LogP contribution in [0, 0.1) is 0 Å². The van der Waals surface area contributed by atoms with Gasteiger partial charge in [-0.2, -0.15) is 0 Å². The Hall–Kier alpha value is -0.160. The van der Waals surface area contributed by atoms with E-state index in [0.717, 1.165) is 12.8 Å². The van der Waals surface area contributed by atoms with Crippen molar-refractivity contribution in [3.63, 3.8) is 0 Å². The van der Waals surface area contributed by atoms with Crippen molar-refractivity contribution in [3.8, 4) is 0 Å². The van der Waals surface area contributed by atoms with E-state index in [-0.39, 0.29) is 12.6 Å². The molecule has 0 radical (unpaired) electrons. The standard InChI is InChI=1S/C9H22N2O2/c1-9(2,11)8(13)7(10)5-3-4-6-12/h7-8,12-13H,3-6,10-11H2,1-2H3. The first-order valence-electron chi connectivity index (χ1n) is 4.73. The summed E-state index contributed by atoms with van der Waals surface area (Å²) in [6.45, 7) is 3.68. The molecule has 0 rings (SSSR count). The zero-order valence-electron chi connectivity index (χ0n) is 8.53. The predicted octanol–water partition coefficient (Wildman–Crippen LogP) is -0.425. The molecule has 0 saturated carbocycles. The topological polar surface area (TPSA) is 92.5 Å². The minimum absolute atomic E-state index is 0.175. The van der Waals surface area contributed by atoms with Crippen LogP contribution >= 0.6 is 0 Å². The van der Waals surface area contributed by atoms with Crippen LogP contribution < -0.4 is 11.5 Å². The first-order chi connectivity index (χ1) is 5.89. The van der Waals surface area contributed by atoms with E-state index >= 15 is 0 Å². The molecule has 0 bridgehead atoms. The summed E-state index contributed by atoms with van der Waals surface area (Å²) in [5.74, 6) is 0. The Morgan fingerprint density at radius 3 is 2.23 bits per heavy atom. The smallest absolute Gasteiger partial charge is 0.0864 e. The molecular formula is C9H22N2O2. The third-order valence-corrected chi connectivity index (χ3v) is 2.11. The highest BCUT2D eigenvalue weighted by Crippen LogP contribution is 2.12. The van der Waals surface area contributed by atoms with E-state index in [1.807, 2.05) is 0 Å². The first kappa shape index (κ1) is 12.8. The van der Waals surface area contributed by atoms with Gasteiger partial charge in [-0.1, -0.05) is 0 Å². The Morgan fingerprint density at radius 2 is 1.85 bits per heavy atom. The summed E-state index contributed by atoms with van der Waals surface area (Å²) in [7, 11) is 0. The molecule has 0 aromatic rings. The Morgan fingerprint density at radius 1 is 1.31 bits per heavy atom. The highest BCUT2D eigenvalue weighted by atomic mass is 16.3. The summed E-state index contributed by atoms with van der Waals surface area (Å²) in [5, 5.41) is 18.2. The first-order valence-corrected chi connectivity index (χ1v) is 4.73. The molecular weight excluding hydrogens is 168 g/mol. The summed E-state index contributed by atoms with van der Waals surface area (Å²) in [4.78, 5) is 0. The fourth-order valence-electron chi connectivity index (χ4n) is 1.20. The van der Waals surface area contributed by atoms with Crippen molar-refractivity contribution >= 4 is 0 Å². The van der Waals surface area contributed by atoms with E-state index in [2.05, 4.69) is 0 Å². The molecule has 0 aromatic heterocycles. The Balaban J connectivity index is 3.76. The van der Waals surface area contributed by atoms with E-state index in [0.29, 0.717) is 6.42 Å². The molecule has 4 heteroatoms. The second-order valence-electron chi connectivity index (χ2n) is 4.15. The van der Waals surface area contributed by atoms with Crippen LogP contribution in [0.25, 0.3) is 0 Å². The van der Waals surface area contributed by atoms with Gasteiger partial charge in [0.15, 0.2) is 0 Å². The number of unbranched alkanes of at least 4 members (excludes halogenated alkanes) is 1. The number of aliphatic hydroxyl groups excluding tert-OH is 2. The Bertz CT molecular complexity index is 134. The summed E-state index contributed by atoms with van der Waals surface area (Å²) < 4.78 is 0. The summed E-state index contributed by atoms with van der Waals surface area (Å²) in [5.41, 5.74) is 10.8. The van der Waals surface area contributed by atoms with Crippen LogP contribution in [0.2, 0.25) is 0 Å². The van der Waals surface area contributed by atoms with E-state index < -0.39 is 11.6 Å². The predicted molar refractivity (Wildman–Crippen MR) is 53.2 cm³/mol. The summed E-state index contributed by atoms with van der Waals surface area (Å²) in [6, 6.07) is -0.299. The van der Waals surface area contributed by atoms with Crippen molar-refractivity contribution in [1.82, 2.24) is 0 Å². The number of rotatable bonds is 6. The normalized spacial score (nSPS) is 17.1. The van der Waals surface area contributed by atoms with E-state index in [9.17, 15) is 5.11 Å². The van der Waals surface area contributed by atoms with Gasteiger partial charge in [-0.25, -0.2) is 0 Å². The molecule has 80 valence electrons. The maximum absolute atomic E-state index is 9.64. The summed E-state index contributed by atoms with van der Waals surface area (Å²) >= 11 is 0. The molecule has 0 aliphatic heterocycles. The number of hydrogen-bond acceptors (Lipinski definition) is 4. The third kappa shape index (κ3) is 5.21. The van der Waals surface area contributed by atoms with Crippen LogP contribution in [0.5, 0.6) is 0 Å². The average Bonchev–Trinajstić information content (AvgIpc) is 2.01. The van der Waals surface area contributed by atoms with Gasteiger partial charge < -0.3 is 21.7 Å². The van der Waals surface area contributed by atoms with Crippen molar-refractivity contribution in [1.29, 1.82) is 0 Å². The second kappa shape index (κ2) is 5.54. The molecule has 4 nitrogen and oxygen atoms in total. The SMILES string of the molecule is CC(C)(N)C(O)C(N)CCCCO. The lowest BCUT2D eigenvalue weighted by Gasteiger charge is -2.30. The molecule has 2 atom stereocenters. The van der Waals surface area contributed by atoms with Gasteiger partial charge in [0.05, 0.1) is 6.10 Å². The zero-order valence-corrected chi connectivity index (χ0v) is 8.53. The van der Waals surface area contributed by atoms with Crippen LogP contribution in [-0.4, -0.2) is 34.5 Å². The van der Waals surface area contributed by atoms with Crippen molar-refractivity contribution in [2.45, 2.75) is 50.8 Å². The maximum atomic E-state index is 9.64. The second-order valence-corrected chi connectivity index (χ2v) is 4.15. The minimum atomic E-state index is -0.689. The van der Waals surface area contributed by atoms with E-state index in [4.69, 9.17) is 16.6 Å². The van der Waals surface area contributed by atoms with Crippen LogP contribution in [0.3, 0.4) is 0 Å². The third-order valence-electron chi connectivity index (χ3n) is 2.11. The number of nitrogens with two attached hydrogens (primary N) is 2. The van der Waals surface area contributed by atoms with Gasteiger partial charge >= 0.3 is 0 Å². The molecule has 0 aromatic carbocycles. The molecule has 13 heavy (non-hydrogen) atoms. The highest BCUT2D eigenvalue weighted by Gasteiger charge is 2.27. The van der Waals surface area contributed by atoms with Crippen molar-refractivity contribution in [2.75, 3.05) is 6.61 Å². The van der Waals surface area contributed by atoms with Crippen molar-refractivity contribution in [3.05, 3.63) is 0 Å². The molecule has 0 heterocycles. The van der Waals surface area contributed by atoms with Crippen LogP contribution in [0.1, 0.15) is 33.1 Å². The largest absolute Gasteiger partial charge is 0.396 e. The molecule has 0 fully saturated rings. The Labute approximate surface area is 79.9 Å². The lowest BCUT2D eigenvalue weighted by atomic mass is 9.90. The minimum Gasteiger partial charge on any atom is -0.396 e. The Kier molecular flexibility index (Phi) is 5.48. The fourth-order valence-corrected chi connectivity index (χ4v) is 1.20. The molecule has 0 aliphatic carbocycles.